The van der Waals surface area contributed by atoms with Gasteiger partial charge in [-0.05, 0) is 37.6 Å². The van der Waals surface area contributed by atoms with Crippen LogP contribution in [-0.2, 0) is 14.8 Å². The molecule has 0 fully saturated rings. The highest BCUT2D eigenvalue weighted by atomic mass is 32.2. The number of hydrogen-bond donors (Lipinski definition) is 1. The molecule has 0 aliphatic carbocycles. The number of sulfonamides is 1. The van der Waals surface area contributed by atoms with Gasteiger partial charge in [0.2, 0.25) is 0 Å². The third-order valence-corrected chi connectivity index (χ3v) is 5.16. The van der Waals surface area contributed by atoms with Crippen molar-refractivity contribution < 1.29 is 22.7 Å². The molecule has 1 aromatic carbocycles. The van der Waals surface area contributed by atoms with Crippen molar-refractivity contribution in [2.75, 3.05) is 18.4 Å². The molecule has 1 aromatic heterocycles. The number of aryl methyl sites for hydroxylation is 1. The monoisotopic (exact) mass is 356 g/mol. The Balaban J connectivity index is 2.31. The molecule has 9 heteroatoms. The van der Waals surface area contributed by atoms with E-state index in [9.17, 15) is 13.2 Å². The summed E-state index contributed by atoms with van der Waals surface area (Å²) in [6.07, 6.45) is 0. The lowest BCUT2D eigenvalue weighted by Crippen LogP contribution is -2.15. The van der Waals surface area contributed by atoms with E-state index in [1.807, 2.05) is 0 Å². The smallest absolute Gasteiger partial charge is 0.360 e. The first kappa shape index (κ1) is 17.2. The maximum absolute atomic E-state index is 12.5. The van der Waals surface area contributed by atoms with Crippen molar-refractivity contribution in [1.29, 1.82) is 0 Å². The van der Waals surface area contributed by atoms with Gasteiger partial charge < -0.3 is 9.47 Å². The molecule has 0 unspecified atom stereocenters. The standard InChI is InChI=1S/C14H16N2O5S2/c1-4-21-14(17)12-13(22-8-15-12)16-23(18,19)10-5-6-11(20-3)9(2)7-10/h5-8,16H,4H2,1-3H3. The van der Waals surface area contributed by atoms with Crippen molar-refractivity contribution in [3.8, 4) is 5.75 Å². The zero-order valence-corrected chi connectivity index (χ0v) is 14.5. The van der Waals surface area contributed by atoms with E-state index >= 15 is 0 Å². The highest BCUT2D eigenvalue weighted by Gasteiger charge is 2.22. The van der Waals surface area contributed by atoms with Crippen molar-refractivity contribution in [3.05, 3.63) is 35.0 Å². The van der Waals surface area contributed by atoms with Gasteiger partial charge in [-0.25, -0.2) is 18.2 Å². The predicted molar refractivity (Wildman–Crippen MR) is 86.6 cm³/mol. The highest BCUT2D eigenvalue weighted by Crippen LogP contribution is 2.27. The maximum Gasteiger partial charge on any atom is 0.360 e. The van der Waals surface area contributed by atoms with Gasteiger partial charge in [0.15, 0.2) is 5.69 Å². The number of nitrogens with zero attached hydrogens (tertiary/aromatic N) is 1. The van der Waals surface area contributed by atoms with E-state index in [1.54, 1.807) is 19.9 Å². The molecule has 0 atom stereocenters. The maximum atomic E-state index is 12.5. The SMILES string of the molecule is CCOC(=O)c1ncsc1NS(=O)(=O)c1ccc(OC)c(C)c1. The van der Waals surface area contributed by atoms with Crippen LogP contribution in [0.15, 0.2) is 28.6 Å². The number of methoxy groups -OCH3 is 1. The molecule has 2 aromatic rings. The number of carbonyl (C=O) groups is 1. The molecular formula is C14H16N2O5S2. The molecule has 0 saturated heterocycles. The first-order chi connectivity index (χ1) is 10.9. The number of benzene rings is 1. The van der Waals surface area contributed by atoms with Crippen molar-refractivity contribution in [2.45, 2.75) is 18.7 Å². The highest BCUT2D eigenvalue weighted by molar-refractivity contribution is 7.93. The van der Waals surface area contributed by atoms with E-state index in [0.29, 0.717) is 11.3 Å². The molecule has 0 spiro atoms. The Bertz CT molecular complexity index is 814. The van der Waals surface area contributed by atoms with Crippen molar-refractivity contribution >= 4 is 32.3 Å². The summed E-state index contributed by atoms with van der Waals surface area (Å²) in [6.45, 7) is 3.59. The lowest BCUT2D eigenvalue weighted by molar-refractivity contribution is 0.0521. The van der Waals surface area contributed by atoms with E-state index in [4.69, 9.17) is 9.47 Å². The van der Waals surface area contributed by atoms with Gasteiger partial charge in [0, 0.05) is 0 Å². The number of thiazole rings is 1. The Morgan fingerprint density at radius 1 is 1.39 bits per heavy atom. The first-order valence-corrected chi connectivity index (χ1v) is 9.03. The van der Waals surface area contributed by atoms with E-state index in [-0.39, 0.29) is 22.2 Å². The van der Waals surface area contributed by atoms with Gasteiger partial charge >= 0.3 is 5.97 Å². The molecule has 0 aliphatic heterocycles. The fourth-order valence-electron chi connectivity index (χ4n) is 1.86. The summed E-state index contributed by atoms with van der Waals surface area (Å²) in [5.74, 6) is -0.0775. The third kappa shape index (κ3) is 3.80. The molecule has 0 bridgehead atoms. The fourth-order valence-corrected chi connectivity index (χ4v) is 3.93. The number of hydrogen-bond acceptors (Lipinski definition) is 7. The van der Waals surface area contributed by atoms with Gasteiger partial charge in [0.25, 0.3) is 10.0 Å². The normalized spacial score (nSPS) is 11.1. The van der Waals surface area contributed by atoms with E-state index < -0.39 is 16.0 Å². The molecule has 0 amide bonds. The minimum atomic E-state index is -3.84. The molecule has 124 valence electrons. The second-order valence-electron chi connectivity index (χ2n) is 4.49. The van der Waals surface area contributed by atoms with Crippen LogP contribution in [-0.4, -0.2) is 33.1 Å². The van der Waals surface area contributed by atoms with E-state index in [2.05, 4.69) is 9.71 Å². The van der Waals surface area contributed by atoms with Crippen LogP contribution in [0.1, 0.15) is 23.0 Å². The number of carbonyl (C=O) groups excluding carboxylic acids is 1. The second kappa shape index (κ2) is 6.97. The molecule has 0 saturated carbocycles. The molecule has 7 nitrogen and oxygen atoms in total. The average Bonchev–Trinajstić information content (AvgIpc) is 2.94. The summed E-state index contributed by atoms with van der Waals surface area (Å²) in [7, 11) is -2.33. The fraction of sp³-hybridized carbons (Fsp3) is 0.286. The van der Waals surface area contributed by atoms with Gasteiger partial charge in [-0.3, -0.25) is 4.72 Å². The quantitative estimate of drug-likeness (QED) is 0.799. The summed E-state index contributed by atoms with van der Waals surface area (Å²) in [6, 6.07) is 4.49. The largest absolute Gasteiger partial charge is 0.496 e. The first-order valence-electron chi connectivity index (χ1n) is 6.67. The number of rotatable bonds is 6. The Morgan fingerprint density at radius 2 is 2.13 bits per heavy atom. The van der Waals surface area contributed by atoms with Crippen LogP contribution in [0.2, 0.25) is 0 Å². The molecule has 0 aliphatic rings. The Hall–Kier alpha value is -2.13. The summed E-state index contributed by atoms with van der Waals surface area (Å²) < 4.78 is 37.3. The van der Waals surface area contributed by atoms with Crippen LogP contribution < -0.4 is 9.46 Å². The van der Waals surface area contributed by atoms with Crippen LogP contribution in [0.4, 0.5) is 5.00 Å². The van der Waals surface area contributed by atoms with Crippen LogP contribution >= 0.6 is 11.3 Å². The molecule has 0 radical (unpaired) electrons. The molecule has 1 N–H and O–H groups in total. The molecule has 1 heterocycles. The summed E-state index contributed by atoms with van der Waals surface area (Å²) in [4.78, 5) is 15.7. The molecule has 2 rings (SSSR count). The second-order valence-corrected chi connectivity index (χ2v) is 7.02. The average molecular weight is 356 g/mol. The van der Waals surface area contributed by atoms with Crippen molar-refractivity contribution in [3.63, 3.8) is 0 Å². The Kier molecular flexibility index (Phi) is 5.22. The third-order valence-electron chi connectivity index (χ3n) is 2.94. The van der Waals surface area contributed by atoms with Gasteiger partial charge in [-0.1, -0.05) is 0 Å². The van der Waals surface area contributed by atoms with Gasteiger partial charge in [-0.15, -0.1) is 11.3 Å². The van der Waals surface area contributed by atoms with Crippen molar-refractivity contribution in [2.24, 2.45) is 0 Å². The van der Waals surface area contributed by atoms with Crippen LogP contribution in [0, 0.1) is 6.92 Å². The number of esters is 1. The Morgan fingerprint density at radius 3 is 2.74 bits per heavy atom. The molecule has 23 heavy (non-hydrogen) atoms. The van der Waals surface area contributed by atoms with Gasteiger partial charge in [0.05, 0.1) is 24.1 Å². The lowest BCUT2D eigenvalue weighted by Gasteiger charge is -2.10. The number of ether oxygens (including phenoxy) is 2. The molecular weight excluding hydrogens is 340 g/mol. The summed E-state index contributed by atoms with van der Waals surface area (Å²) in [5.41, 5.74) is 2.01. The van der Waals surface area contributed by atoms with E-state index in [0.717, 1.165) is 11.3 Å². The Labute approximate surface area is 138 Å². The minimum Gasteiger partial charge on any atom is -0.496 e. The van der Waals surface area contributed by atoms with Crippen LogP contribution in [0.25, 0.3) is 0 Å². The number of aromatic nitrogens is 1. The topological polar surface area (TPSA) is 94.6 Å². The van der Waals surface area contributed by atoms with Crippen LogP contribution in [0.5, 0.6) is 5.75 Å². The van der Waals surface area contributed by atoms with Crippen LogP contribution in [0.3, 0.4) is 0 Å². The van der Waals surface area contributed by atoms with Gasteiger partial charge in [0.1, 0.15) is 10.8 Å². The predicted octanol–water partition coefficient (Wildman–Crippen LogP) is 2.44. The zero-order chi connectivity index (χ0) is 17.0. The summed E-state index contributed by atoms with van der Waals surface area (Å²) >= 11 is 1.01. The zero-order valence-electron chi connectivity index (χ0n) is 12.8. The van der Waals surface area contributed by atoms with Gasteiger partial charge in [-0.2, -0.15) is 0 Å². The number of anilines is 1. The minimum absolute atomic E-state index is 0.0503. The van der Waals surface area contributed by atoms with Crippen molar-refractivity contribution in [1.82, 2.24) is 4.98 Å². The lowest BCUT2D eigenvalue weighted by atomic mass is 10.2. The van der Waals surface area contributed by atoms with E-state index in [1.165, 1.54) is 24.8 Å². The number of nitrogens with one attached hydrogen (secondary N) is 1. The summed E-state index contributed by atoms with van der Waals surface area (Å²) in [5, 5.41) is 0.122.